The third kappa shape index (κ3) is 1.92. The molecule has 0 spiro atoms. The fourth-order valence-electron chi connectivity index (χ4n) is 1.90. The molecule has 1 aromatic heterocycles. The Bertz CT molecular complexity index is 616. The Hall–Kier alpha value is -1.80. The molecule has 2 nitrogen and oxygen atoms in total. The summed E-state index contributed by atoms with van der Waals surface area (Å²) in [5, 5.41) is 1.85. The number of allylic oxidation sites excluding steroid dienone is 2. The number of hydrogen-bond acceptors (Lipinski definition) is 2. The minimum absolute atomic E-state index is 0.704. The van der Waals surface area contributed by atoms with E-state index in [-0.39, 0.29) is 0 Å². The summed E-state index contributed by atoms with van der Waals surface area (Å²) in [5.41, 5.74) is 0.990. The summed E-state index contributed by atoms with van der Waals surface area (Å²) in [6.07, 6.45) is 5.89. The lowest BCUT2D eigenvalue weighted by Crippen LogP contribution is -2.22. The van der Waals surface area contributed by atoms with Crippen LogP contribution in [0.2, 0.25) is 0 Å². The highest BCUT2D eigenvalue weighted by Crippen LogP contribution is 2.24. The summed E-state index contributed by atoms with van der Waals surface area (Å²) >= 11 is 6.16. The standard InChI is InChI=1S/C14H11ClN2/c15-13-7-3-4-10-17(13)14-9-8-11-5-1-2-6-12(11)16-14/h1-9H,10H2. The van der Waals surface area contributed by atoms with Gasteiger partial charge in [0, 0.05) is 11.9 Å². The summed E-state index contributed by atoms with van der Waals surface area (Å²) in [5.74, 6) is 0.884. The van der Waals surface area contributed by atoms with Gasteiger partial charge in [-0.2, -0.15) is 0 Å². The van der Waals surface area contributed by atoms with Crippen molar-refractivity contribution in [3.05, 3.63) is 59.8 Å². The molecule has 1 aliphatic heterocycles. The number of hydrogen-bond donors (Lipinski definition) is 0. The Balaban J connectivity index is 2.06. The third-order valence-corrected chi connectivity index (χ3v) is 3.11. The van der Waals surface area contributed by atoms with Crippen molar-refractivity contribution in [3.8, 4) is 0 Å². The van der Waals surface area contributed by atoms with Gasteiger partial charge in [-0.15, -0.1) is 0 Å². The molecule has 0 atom stereocenters. The van der Waals surface area contributed by atoms with Gasteiger partial charge in [0.2, 0.25) is 0 Å². The molecule has 0 saturated carbocycles. The molecule has 3 rings (SSSR count). The van der Waals surface area contributed by atoms with Gasteiger partial charge in [-0.25, -0.2) is 4.98 Å². The van der Waals surface area contributed by atoms with Gasteiger partial charge in [0.25, 0.3) is 0 Å². The first kappa shape index (κ1) is 10.4. The first-order valence-electron chi connectivity index (χ1n) is 5.50. The van der Waals surface area contributed by atoms with Crippen LogP contribution in [0.1, 0.15) is 0 Å². The van der Waals surface area contributed by atoms with E-state index in [0.717, 1.165) is 23.3 Å². The molecule has 0 radical (unpaired) electrons. The summed E-state index contributed by atoms with van der Waals surface area (Å²) < 4.78 is 0. The van der Waals surface area contributed by atoms with Crippen LogP contribution < -0.4 is 4.90 Å². The van der Waals surface area contributed by atoms with Crippen molar-refractivity contribution in [2.45, 2.75) is 0 Å². The van der Waals surface area contributed by atoms with Crippen LogP contribution in [0.15, 0.2) is 59.8 Å². The van der Waals surface area contributed by atoms with Crippen molar-refractivity contribution < 1.29 is 0 Å². The summed E-state index contributed by atoms with van der Waals surface area (Å²) in [7, 11) is 0. The van der Waals surface area contributed by atoms with Gasteiger partial charge in [-0.3, -0.25) is 0 Å². The van der Waals surface area contributed by atoms with Crippen molar-refractivity contribution >= 4 is 28.3 Å². The van der Waals surface area contributed by atoms with Crippen LogP contribution in [-0.4, -0.2) is 11.5 Å². The quantitative estimate of drug-likeness (QED) is 0.709. The molecule has 0 fully saturated rings. The van der Waals surface area contributed by atoms with Gasteiger partial charge >= 0.3 is 0 Å². The molecule has 0 unspecified atom stereocenters. The molecular weight excluding hydrogens is 232 g/mol. The predicted molar refractivity (Wildman–Crippen MR) is 72.2 cm³/mol. The number of halogens is 1. The van der Waals surface area contributed by atoms with Crippen LogP contribution >= 0.6 is 11.6 Å². The maximum atomic E-state index is 6.16. The van der Waals surface area contributed by atoms with Gasteiger partial charge in [-0.05, 0) is 24.3 Å². The average Bonchev–Trinajstić information content (AvgIpc) is 2.39. The molecule has 2 heterocycles. The maximum absolute atomic E-state index is 6.16. The van der Waals surface area contributed by atoms with Crippen LogP contribution in [0.4, 0.5) is 5.82 Å². The van der Waals surface area contributed by atoms with E-state index in [1.54, 1.807) is 0 Å². The monoisotopic (exact) mass is 242 g/mol. The molecule has 2 aromatic rings. The third-order valence-electron chi connectivity index (χ3n) is 2.78. The van der Waals surface area contributed by atoms with Gasteiger partial charge < -0.3 is 4.90 Å². The molecule has 0 N–H and O–H groups in total. The van der Waals surface area contributed by atoms with Crippen molar-refractivity contribution in [1.29, 1.82) is 0 Å². The van der Waals surface area contributed by atoms with E-state index in [1.165, 1.54) is 0 Å². The van der Waals surface area contributed by atoms with Crippen LogP contribution in [0, 0.1) is 0 Å². The number of pyridine rings is 1. The van der Waals surface area contributed by atoms with Crippen molar-refractivity contribution in [1.82, 2.24) is 4.98 Å². The molecule has 1 aromatic carbocycles. The Labute approximate surface area is 105 Å². The molecule has 0 bridgehead atoms. The lowest BCUT2D eigenvalue weighted by atomic mass is 10.2. The van der Waals surface area contributed by atoms with Crippen molar-refractivity contribution in [3.63, 3.8) is 0 Å². The number of anilines is 1. The van der Waals surface area contributed by atoms with Crippen LogP contribution in [0.25, 0.3) is 10.9 Å². The Morgan fingerprint density at radius 1 is 1.12 bits per heavy atom. The number of fused-ring (bicyclic) bond motifs is 1. The van der Waals surface area contributed by atoms with Gasteiger partial charge in [0.05, 0.1) is 5.52 Å². The molecule has 0 aliphatic carbocycles. The van der Waals surface area contributed by atoms with Gasteiger partial charge in [0.1, 0.15) is 11.0 Å². The molecule has 84 valence electrons. The molecule has 0 amide bonds. The second-order valence-corrected chi connectivity index (χ2v) is 4.28. The Kier molecular flexibility index (Phi) is 2.57. The van der Waals surface area contributed by atoms with Crippen molar-refractivity contribution in [2.24, 2.45) is 0 Å². The molecular formula is C14H11ClN2. The highest BCUT2D eigenvalue weighted by atomic mass is 35.5. The van der Waals surface area contributed by atoms with E-state index in [0.29, 0.717) is 5.16 Å². The van der Waals surface area contributed by atoms with Crippen LogP contribution in [0.3, 0.4) is 0 Å². The number of aromatic nitrogens is 1. The van der Waals surface area contributed by atoms with Crippen LogP contribution in [-0.2, 0) is 0 Å². The number of nitrogens with zero attached hydrogens (tertiary/aromatic N) is 2. The zero-order chi connectivity index (χ0) is 11.7. The molecule has 3 heteroatoms. The lowest BCUT2D eigenvalue weighted by molar-refractivity contribution is 1.02. The first-order valence-corrected chi connectivity index (χ1v) is 5.88. The lowest BCUT2D eigenvalue weighted by Gasteiger charge is -2.23. The molecule has 0 saturated heterocycles. The molecule has 1 aliphatic rings. The maximum Gasteiger partial charge on any atom is 0.134 e. The van der Waals surface area contributed by atoms with Gasteiger partial charge in [-0.1, -0.05) is 42.0 Å². The fraction of sp³-hybridized carbons (Fsp3) is 0.0714. The number of para-hydroxylation sites is 1. The highest BCUT2D eigenvalue weighted by molar-refractivity contribution is 6.31. The number of rotatable bonds is 1. The minimum Gasteiger partial charge on any atom is -0.313 e. The zero-order valence-corrected chi connectivity index (χ0v) is 9.93. The van der Waals surface area contributed by atoms with Crippen LogP contribution in [0.5, 0.6) is 0 Å². The summed E-state index contributed by atoms with van der Waals surface area (Å²) in [4.78, 5) is 6.60. The molecule has 17 heavy (non-hydrogen) atoms. The fourth-order valence-corrected chi connectivity index (χ4v) is 2.13. The topological polar surface area (TPSA) is 16.1 Å². The Morgan fingerprint density at radius 3 is 2.88 bits per heavy atom. The second kappa shape index (κ2) is 4.22. The van der Waals surface area contributed by atoms with Crippen molar-refractivity contribution in [2.75, 3.05) is 11.4 Å². The largest absolute Gasteiger partial charge is 0.313 e. The highest BCUT2D eigenvalue weighted by Gasteiger charge is 2.12. The summed E-state index contributed by atoms with van der Waals surface area (Å²) in [6.45, 7) is 0.765. The predicted octanol–water partition coefficient (Wildman–Crippen LogP) is 3.69. The van der Waals surface area contributed by atoms with E-state index in [1.807, 2.05) is 41.3 Å². The minimum atomic E-state index is 0.704. The smallest absolute Gasteiger partial charge is 0.134 e. The normalized spacial score (nSPS) is 15.1. The second-order valence-electron chi connectivity index (χ2n) is 3.89. The average molecular weight is 243 g/mol. The van der Waals surface area contributed by atoms with E-state index >= 15 is 0 Å². The van der Waals surface area contributed by atoms with E-state index in [9.17, 15) is 0 Å². The van der Waals surface area contributed by atoms with E-state index in [4.69, 9.17) is 11.6 Å². The van der Waals surface area contributed by atoms with Gasteiger partial charge in [0.15, 0.2) is 0 Å². The first-order chi connectivity index (χ1) is 8.34. The SMILES string of the molecule is ClC1=CC=CCN1c1ccc2ccccc2n1. The van der Waals surface area contributed by atoms with E-state index in [2.05, 4.69) is 23.2 Å². The Morgan fingerprint density at radius 2 is 2.00 bits per heavy atom. The zero-order valence-electron chi connectivity index (χ0n) is 9.18. The summed E-state index contributed by atoms with van der Waals surface area (Å²) in [6, 6.07) is 12.1. The number of benzene rings is 1. The van der Waals surface area contributed by atoms with E-state index < -0.39 is 0 Å².